The number of rotatable bonds is 1. The van der Waals surface area contributed by atoms with Crippen molar-refractivity contribution in [3.63, 3.8) is 0 Å². The van der Waals surface area contributed by atoms with Crippen molar-refractivity contribution in [1.82, 2.24) is 0 Å². The van der Waals surface area contributed by atoms with Gasteiger partial charge in [0.25, 0.3) is 0 Å². The van der Waals surface area contributed by atoms with E-state index in [2.05, 4.69) is 6.92 Å². The molecule has 2 aliphatic carbocycles. The molecule has 2 aromatic rings. The van der Waals surface area contributed by atoms with Gasteiger partial charge in [-0.25, -0.2) is 0 Å². The first-order valence-corrected chi connectivity index (χ1v) is 7.95. The minimum atomic E-state index is -0.300. The Morgan fingerprint density at radius 1 is 1.23 bits per heavy atom. The maximum Gasteiger partial charge on any atom is 0.308 e. The third-order valence-electron chi connectivity index (χ3n) is 5.37. The molecule has 22 heavy (non-hydrogen) atoms. The number of aromatic hydroxyl groups is 1. The number of ether oxygens (including phenoxy) is 1. The van der Waals surface area contributed by atoms with Gasteiger partial charge < -0.3 is 9.84 Å². The molecular weight excluding hydrogens is 276 g/mol. The van der Waals surface area contributed by atoms with E-state index in [-0.39, 0.29) is 5.97 Å². The number of phenolic OH excluding ortho intramolecular Hbond substituents is 1. The van der Waals surface area contributed by atoms with Crippen molar-refractivity contribution >= 4 is 16.7 Å². The lowest BCUT2D eigenvalue weighted by molar-refractivity contribution is -0.131. The monoisotopic (exact) mass is 296 g/mol. The van der Waals surface area contributed by atoms with Crippen LogP contribution in [0.3, 0.4) is 0 Å². The lowest BCUT2D eigenvalue weighted by Crippen LogP contribution is -2.12. The molecule has 2 aromatic carbocycles. The molecule has 0 aromatic heterocycles. The van der Waals surface area contributed by atoms with Gasteiger partial charge in [0.1, 0.15) is 11.5 Å². The van der Waals surface area contributed by atoms with Crippen LogP contribution in [0.25, 0.3) is 10.8 Å². The first-order valence-electron chi connectivity index (χ1n) is 7.95. The second-order valence-electron chi connectivity index (χ2n) is 6.90. The van der Waals surface area contributed by atoms with Crippen LogP contribution >= 0.6 is 0 Å². The van der Waals surface area contributed by atoms with Crippen LogP contribution in [0.1, 0.15) is 55.2 Å². The van der Waals surface area contributed by atoms with Crippen LogP contribution in [0.5, 0.6) is 11.5 Å². The smallest absolute Gasteiger partial charge is 0.308 e. The van der Waals surface area contributed by atoms with Crippen molar-refractivity contribution in [3.8, 4) is 11.5 Å². The fourth-order valence-electron chi connectivity index (χ4n) is 4.51. The van der Waals surface area contributed by atoms with Gasteiger partial charge in [-0.15, -0.1) is 0 Å². The normalized spacial score (nSPS) is 25.5. The summed E-state index contributed by atoms with van der Waals surface area (Å²) >= 11 is 0. The molecule has 3 nitrogen and oxygen atoms in total. The van der Waals surface area contributed by atoms with E-state index >= 15 is 0 Å². The number of hydrogen-bond acceptors (Lipinski definition) is 3. The van der Waals surface area contributed by atoms with E-state index in [4.69, 9.17) is 4.74 Å². The molecule has 3 unspecified atom stereocenters. The lowest BCUT2D eigenvalue weighted by Gasteiger charge is -2.25. The second kappa shape index (κ2) is 4.48. The third kappa shape index (κ3) is 1.71. The van der Waals surface area contributed by atoms with Crippen LogP contribution in [0, 0.1) is 12.8 Å². The molecule has 0 amide bonds. The standard InChI is InChI=1S/C19H20O3/c1-9-4-5-13-15(6-9)19(22-11(3)20)16-12-7-10(2)14(8-12)17(16)18(13)21/h4-6,10,12,14,21H,7-8H2,1-3H3. The van der Waals surface area contributed by atoms with Crippen LogP contribution in [0.15, 0.2) is 18.2 Å². The van der Waals surface area contributed by atoms with Gasteiger partial charge in [0.15, 0.2) is 0 Å². The highest BCUT2D eigenvalue weighted by atomic mass is 16.5. The zero-order valence-corrected chi connectivity index (χ0v) is 13.1. The first kappa shape index (κ1) is 13.6. The molecule has 2 bridgehead atoms. The van der Waals surface area contributed by atoms with Gasteiger partial charge in [-0.3, -0.25) is 4.79 Å². The molecule has 1 N–H and O–H groups in total. The molecule has 0 spiro atoms. The van der Waals surface area contributed by atoms with Crippen LogP contribution in [0.4, 0.5) is 0 Å². The van der Waals surface area contributed by atoms with Crippen molar-refractivity contribution in [2.75, 3.05) is 0 Å². The number of benzene rings is 2. The Hall–Kier alpha value is -2.03. The maximum atomic E-state index is 11.6. The molecule has 3 heteroatoms. The summed E-state index contributed by atoms with van der Waals surface area (Å²) in [5.74, 6) is 2.14. The van der Waals surface area contributed by atoms with E-state index in [0.29, 0.717) is 29.3 Å². The summed E-state index contributed by atoms with van der Waals surface area (Å²) in [5, 5.41) is 12.5. The van der Waals surface area contributed by atoms with E-state index < -0.39 is 0 Å². The second-order valence-corrected chi connectivity index (χ2v) is 6.90. The van der Waals surface area contributed by atoms with Crippen molar-refractivity contribution < 1.29 is 14.6 Å². The summed E-state index contributed by atoms with van der Waals surface area (Å²) in [4.78, 5) is 11.6. The van der Waals surface area contributed by atoms with Crippen molar-refractivity contribution in [1.29, 1.82) is 0 Å². The summed E-state index contributed by atoms with van der Waals surface area (Å²) in [6.07, 6.45) is 2.18. The molecule has 114 valence electrons. The molecule has 0 radical (unpaired) electrons. The van der Waals surface area contributed by atoms with Gasteiger partial charge in [0.05, 0.1) is 0 Å². The predicted octanol–water partition coefficient (Wildman–Crippen LogP) is 4.39. The number of carbonyl (C=O) groups is 1. The summed E-state index contributed by atoms with van der Waals surface area (Å²) in [7, 11) is 0. The Morgan fingerprint density at radius 3 is 2.73 bits per heavy atom. The van der Waals surface area contributed by atoms with Crippen LogP contribution in [-0.2, 0) is 4.79 Å². The highest BCUT2D eigenvalue weighted by Gasteiger charge is 2.46. The number of hydrogen-bond donors (Lipinski definition) is 1. The summed E-state index contributed by atoms with van der Waals surface area (Å²) < 4.78 is 5.62. The maximum absolute atomic E-state index is 11.6. The zero-order chi connectivity index (χ0) is 15.6. The van der Waals surface area contributed by atoms with Crippen molar-refractivity contribution in [3.05, 3.63) is 34.9 Å². The quantitative estimate of drug-likeness (QED) is 0.627. The van der Waals surface area contributed by atoms with E-state index in [1.54, 1.807) is 0 Å². The fraction of sp³-hybridized carbons (Fsp3) is 0.421. The molecule has 1 saturated carbocycles. The predicted molar refractivity (Wildman–Crippen MR) is 85.5 cm³/mol. The Morgan fingerprint density at radius 2 is 2.00 bits per heavy atom. The van der Waals surface area contributed by atoms with Crippen LogP contribution in [0.2, 0.25) is 0 Å². The number of aryl methyl sites for hydroxylation is 1. The molecule has 0 heterocycles. The SMILES string of the molecule is CC(=O)Oc1c2c(c(O)c3ccc(C)cc13)C1CC2CC1C. The third-order valence-corrected chi connectivity index (χ3v) is 5.37. The van der Waals surface area contributed by atoms with E-state index in [0.717, 1.165) is 40.3 Å². The Kier molecular flexibility index (Phi) is 2.77. The van der Waals surface area contributed by atoms with Gasteiger partial charge in [-0.2, -0.15) is 0 Å². The Balaban J connectivity index is 2.10. The van der Waals surface area contributed by atoms with Crippen LogP contribution in [-0.4, -0.2) is 11.1 Å². The topological polar surface area (TPSA) is 46.5 Å². The van der Waals surface area contributed by atoms with E-state index in [1.807, 2.05) is 25.1 Å². The van der Waals surface area contributed by atoms with Gasteiger partial charge in [0, 0.05) is 28.8 Å². The average molecular weight is 296 g/mol. The minimum Gasteiger partial charge on any atom is -0.507 e. The molecule has 2 aliphatic rings. The summed E-state index contributed by atoms with van der Waals surface area (Å²) in [6, 6.07) is 5.93. The number of carbonyl (C=O) groups excluding carboxylic acids is 1. The lowest BCUT2D eigenvalue weighted by atomic mass is 9.82. The van der Waals surface area contributed by atoms with Gasteiger partial charge >= 0.3 is 5.97 Å². The van der Waals surface area contributed by atoms with Crippen LogP contribution < -0.4 is 4.74 Å². The minimum absolute atomic E-state index is 0.300. The highest BCUT2D eigenvalue weighted by molar-refractivity contribution is 5.98. The molecule has 1 fully saturated rings. The van der Waals surface area contributed by atoms with Gasteiger partial charge in [0.2, 0.25) is 0 Å². The number of esters is 1. The highest BCUT2D eigenvalue weighted by Crippen LogP contribution is 2.62. The molecule has 0 saturated heterocycles. The molecular formula is C19H20O3. The van der Waals surface area contributed by atoms with Crippen molar-refractivity contribution in [2.24, 2.45) is 5.92 Å². The fourth-order valence-corrected chi connectivity index (χ4v) is 4.51. The Bertz CT molecular complexity index is 806. The van der Waals surface area contributed by atoms with E-state index in [1.165, 1.54) is 6.92 Å². The first-order chi connectivity index (χ1) is 10.5. The van der Waals surface area contributed by atoms with Gasteiger partial charge in [-0.1, -0.05) is 24.6 Å². The molecule has 0 aliphatic heterocycles. The average Bonchev–Trinajstić information content (AvgIpc) is 3.00. The number of phenols is 1. The summed E-state index contributed by atoms with van der Waals surface area (Å²) in [6.45, 7) is 5.70. The molecule has 4 rings (SSSR count). The van der Waals surface area contributed by atoms with E-state index in [9.17, 15) is 9.90 Å². The number of fused-ring (bicyclic) bond motifs is 6. The summed E-state index contributed by atoms with van der Waals surface area (Å²) in [5.41, 5.74) is 3.20. The molecule has 3 atom stereocenters. The van der Waals surface area contributed by atoms with Crippen molar-refractivity contribution in [2.45, 2.75) is 45.4 Å². The Labute approximate surface area is 129 Å². The largest absolute Gasteiger partial charge is 0.507 e. The van der Waals surface area contributed by atoms with Gasteiger partial charge in [-0.05, 0) is 43.6 Å². The zero-order valence-electron chi connectivity index (χ0n) is 13.1.